The monoisotopic (exact) mass is 252 g/mol. The molecule has 0 radical (unpaired) electrons. The lowest BCUT2D eigenvalue weighted by Crippen LogP contribution is -2.37. The minimum atomic E-state index is 0.656. The average molecular weight is 253 g/mol. The van der Waals surface area contributed by atoms with Gasteiger partial charge >= 0.3 is 0 Å². The Morgan fingerprint density at radius 2 is 2.13 bits per heavy atom. The van der Waals surface area contributed by atoms with Crippen molar-refractivity contribution < 1.29 is 4.74 Å². The highest BCUT2D eigenvalue weighted by Crippen LogP contribution is 2.01. The van der Waals surface area contributed by atoms with Gasteiger partial charge in [0.05, 0.1) is 13.2 Å². The Kier molecular flexibility index (Phi) is 7.40. The van der Waals surface area contributed by atoms with Crippen molar-refractivity contribution >= 4 is 23.2 Å². The number of nitrogens with one attached hydrogen (secondary N) is 1. The smallest absolute Gasteiger partial charge is 0.0594 e. The Balaban J connectivity index is 1.92. The molecule has 0 spiro atoms. The summed E-state index contributed by atoms with van der Waals surface area (Å²) < 4.78 is 5.28. The van der Waals surface area contributed by atoms with E-state index in [2.05, 4.69) is 10.2 Å². The van der Waals surface area contributed by atoms with E-state index in [0.717, 1.165) is 45.8 Å². The maximum atomic E-state index is 5.73. The van der Waals surface area contributed by atoms with Gasteiger partial charge in [0, 0.05) is 30.2 Å². The van der Waals surface area contributed by atoms with Crippen molar-refractivity contribution in [1.29, 1.82) is 0 Å². The van der Waals surface area contributed by atoms with E-state index >= 15 is 0 Å². The highest BCUT2D eigenvalue weighted by Gasteiger charge is 2.08. The number of hydrogen-bond acceptors (Lipinski definition) is 3. The first-order valence-electron chi connectivity index (χ1n) is 5.28. The zero-order chi connectivity index (χ0) is 10.9. The van der Waals surface area contributed by atoms with Crippen LogP contribution in [0, 0.1) is 0 Å². The van der Waals surface area contributed by atoms with Crippen LogP contribution in [0.5, 0.6) is 0 Å². The van der Waals surface area contributed by atoms with E-state index in [1.54, 1.807) is 0 Å². The highest BCUT2D eigenvalue weighted by molar-refractivity contribution is 6.36. The summed E-state index contributed by atoms with van der Waals surface area (Å²) in [6.07, 6.45) is 1.13. The number of halogens is 2. The fourth-order valence-corrected chi connectivity index (χ4v) is 1.67. The first kappa shape index (κ1) is 13.3. The van der Waals surface area contributed by atoms with Crippen LogP contribution in [0.2, 0.25) is 0 Å². The number of rotatable bonds is 6. The zero-order valence-electron chi connectivity index (χ0n) is 8.85. The Labute approximate surface area is 101 Å². The van der Waals surface area contributed by atoms with Gasteiger partial charge in [0.15, 0.2) is 0 Å². The lowest BCUT2D eigenvalue weighted by Gasteiger charge is -2.26. The van der Waals surface area contributed by atoms with Gasteiger partial charge in [0.2, 0.25) is 0 Å². The molecule has 88 valence electrons. The lowest BCUT2D eigenvalue weighted by atomic mass is 10.3. The number of nitrogens with zero attached hydrogens (tertiary/aromatic N) is 1. The molecule has 3 nitrogen and oxygen atoms in total. The van der Waals surface area contributed by atoms with E-state index in [0.29, 0.717) is 11.6 Å². The molecule has 1 fully saturated rings. The fraction of sp³-hybridized carbons (Fsp3) is 0.800. The molecule has 0 bridgehead atoms. The molecule has 0 saturated carbocycles. The summed E-state index contributed by atoms with van der Waals surface area (Å²) in [5, 5.41) is 3.89. The quantitative estimate of drug-likeness (QED) is 0.728. The van der Waals surface area contributed by atoms with Crippen LogP contribution in [0.4, 0.5) is 0 Å². The minimum absolute atomic E-state index is 0.656. The summed E-state index contributed by atoms with van der Waals surface area (Å²) in [4.78, 5) is 2.42. The van der Waals surface area contributed by atoms with E-state index in [9.17, 15) is 0 Å². The van der Waals surface area contributed by atoms with Crippen molar-refractivity contribution in [3.05, 3.63) is 10.6 Å². The van der Waals surface area contributed by atoms with Crippen molar-refractivity contribution in [3.63, 3.8) is 0 Å². The summed E-state index contributed by atoms with van der Waals surface area (Å²) in [5.74, 6) is 0. The average Bonchev–Trinajstić information content (AvgIpc) is 2.29. The molecule has 0 aromatic rings. The van der Waals surface area contributed by atoms with Crippen LogP contribution < -0.4 is 5.32 Å². The number of morpholine rings is 1. The third kappa shape index (κ3) is 6.38. The molecule has 0 amide bonds. The van der Waals surface area contributed by atoms with Gasteiger partial charge in [-0.15, -0.1) is 0 Å². The lowest BCUT2D eigenvalue weighted by molar-refractivity contribution is 0.0375. The van der Waals surface area contributed by atoms with Gasteiger partial charge in [-0.3, -0.25) is 4.90 Å². The van der Waals surface area contributed by atoms with Crippen molar-refractivity contribution in [1.82, 2.24) is 10.2 Å². The second kappa shape index (κ2) is 8.36. The van der Waals surface area contributed by atoms with Gasteiger partial charge < -0.3 is 10.1 Å². The van der Waals surface area contributed by atoms with Crippen LogP contribution in [0.25, 0.3) is 0 Å². The van der Waals surface area contributed by atoms with Gasteiger partial charge in [-0.2, -0.15) is 0 Å². The van der Waals surface area contributed by atoms with Crippen LogP contribution in [-0.2, 0) is 4.74 Å². The third-order valence-corrected chi connectivity index (χ3v) is 2.96. The molecule has 1 aliphatic rings. The highest BCUT2D eigenvalue weighted by atomic mass is 35.5. The van der Waals surface area contributed by atoms with Crippen molar-refractivity contribution in [2.24, 2.45) is 0 Å². The van der Waals surface area contributed by atoms with E-state index in [1.807, 2.05) is 0 Å². The minimum Gasteiger partial charge on any atom is -0.379 e. The maximum Gasteiger partial charge on any atom is 0.0594 e. The molecule has 5 heteroatoms. The standard InChI is InChI=1S/C10H18Cl2N2O/c11-8-10(12)9-13-2-1-3-14-4-6-15-7-5-14/h8,13H,1-7,9H2. The molecular formula is C10H18Cl2N2O. The Morgan fingerprint density at radius 1 is 1.40 bits per heavy atom. The molecular weight excluding hydrogens is 235 g/mol. The Hall–Kier alpha value is 0.200. The molecule has 0 aromatic carbocycles. The predicted octanol–water partition coefficient (Wildman–Crippen LogP) is 1.62. The molecule has 1 heterocycles. The van der Waals surface area contributed by atoms with Crippen LogP contribution in [0.3, 0.4) is 0 Å². The molecule has 1 aliphatic heterocycles. The van der Waals surface area contributed by atoms with Crippen LogP contribution in [0.15, 0.2) is 10.6 Å². The molecule has 0 atom stereocenters. The molecule has 0 aliphatic carbocycles. The maximum absolute atomic E-state index is 5.73. The SMILES string of the molecule is ClC=C(Cl)CNCCCN1CCOCC1. The summed E-state index contributed by atoms with van der Waals surface area (Å²) in [5.41, 5.74) is 1.40. The molecule has 1 saturated heterocycles. The number of ether oxygens (including phenoxy) is 1. The van der Waals surface area contributed by atoms with Gasteiger partial charge in [0.25, 0.3) is 0 Å². The first-order valence-corrected chi connectivity index (χ1v) is 6.10. The van der Waals surface area contributed by atoms with Crippen LogP contribution >= 0.6 is 23.2 Å². The van der Waals surface area contributed by atoms with Crippen molar-refractivity contribution in [2.45, 2.75) is 6.42 Å². The van der Waals surface area contributed by atoms with E-state index in [1.165, 1.54) is 5.54 Å². The van der Waals surface area contributed by atoms with Crippen LogP contribution in [0.1, 0.15) is 6.42 Å². The summed E-state index contributed by atoms with van der Waals surface area (Å²) in [7, 11) is 0. The summed E-state index contributed by atoms with van der Waals surface area (Å²) in [6, 6.07) is 0. The van der Waals surface area contributed by atoms with Crippen molar-refractivity contribution in [2.75, 3.05) is 45.9 Å². The molecule has 0 aromatic heterocycles. The Morgan fingerprint density at radius 3 is 2.80 bits per heavy atom. The first-order chi connectivity index (χ1) is 7.33. The second-order valence-corrected chi connectivity index (χ2v) is 4.24. The largest absolute Gasteiger partial charge is 0.379 e. The van der Waals surface area contributed by atoms with Gasteiger partial charge in [-0.05, 0) is 19.5 Å². The molecule has 1 rings (SSSR count). The third-order valence-electron chi connectivity index (χ3n) is 2.34. The summed E-state index contributed by atoms with van der Waals surface area (Å²) >= 11 is 11.2. The molecule has 1 N–H and O–H groups in total. The van der Waals surface area contributed by atoms with Gasteiger partial charge in [0.1, 0.15) is 0 Å². The predicted molar refractivity (Wildman–Crippen MR) is 64.5 cm³/mol. The molecule has 15 heavy (non-hydrogen) atoms. The second-order valence-electron chi connectivity index (χ2n) is 3.54. The van der Waals surface area contributed by atoms with Gasteiger partial charge in [-0.1, -0.05) is 23.2 Å². The summed E-state index contributed by atoms with van der Waals surface area (Å²) in [6.45, 7) is 6.61. The van der Waals surface area contributed by atoms with E-state index in [4.69, 9.17) is 27.9 Å². The van der Waals surface area contributed by atoms with E-state index < -0.39 is 0 Å². The van der Waals surface area contributed by atoms with E-state index in [-0.39, 0.29) is 0 Å². The zero-order valence-corrected chi connectivity index (χ0v) is 10.4. The van der Waals surface area contributed by atoms with Gasteiger partial charge in [-0.25, -0.2) is 0 Å². The number of hydrogen-bond donors (Lipinski definition) is 1. The molecule has 0 unspecified atom stereocenters. The topological polar surface area (TPSA) is 24.5 Å². The van der Waals surface area contributed by atoms with Crippen molar-refractivity contribution in [3.8, 4) is 0 Å². The van der Waals surface area contributed by atoms with Crippen LogP contribution in [-0.4, -0.2) is 50.8 Å². The Bertz CT molecular complexity index is 194. The normalized spacial score (nSPS) is 19.5. The fourth-order valence-electron chi connectivity index (χ4n) is 1.50.